The number of rotatable bonds is 2. The van der Waals surface area contributed by atoms with Gasteiger partial charge in [0.1, 0.15) is 5.82 Å². The minimum absolute atomic E-state index is 0.0796. The molecule has 0 aliphatic heterocycles. The monoisotopic (exact) mass is 257 g/mol. The zero-order valence-corrected chi connectivity index (χ0v) is 11.1. The number of hydrogen-bond acceptors (Lipinski definition) is 4. The summed E-state index contributed by atoms with van der Waals surface area (Å²) in [5.74, 6) is 0.776. The van der Waals surface area contributed by atoms with Crippen LogP contribution in [0.15, 0.2) is 36.7 Å². The fourth-order valence-corrected chi connectivity index (χ4v) is 1.64. The molecule has 0 spiro atoms. The molecule has 0 atom stereocenters. The minimum atomic E-state index is -0.414. The summed E-state index contributed by atoms with van der Waals surface area (Å²) in [4.78, 5) is 18.8. The van der Waals surface area contributed by atoms with E-state index in [1.807, 2.05) is 20.8 Å². The van der Waals surface area contributed by atoms with Crippen LogP contribution in [0.2, 0.25) is 0 Å². The zero-order chi connectivity index (χ0) is 14.0. The van der Waals surface area contributed by atoms with Crippen LogP contribution in [-0.4, -0.2) is 14.9 Å². The highest BCUT2D eigenvalue weighted by Crippen LogP contribution is 2.23. The summed E-state index contributed by atoms with van der Waals surface area (Å²) < 4.78 is 0. The fraction of sp³-hybridized carbons (Fsp3) is 0.286. The molecule has 1 heterocycles. The lowest BCUT2D eigenvalue weighted by Gasteiger charge is -2.16. The molecule has 2 rings (SSSR count). The highest BCUT2D eigenvalue weighted by atomic mass is 16.6. The van der Waals surface area contributed by atoms with Crippen LogP contribution in [0.1, 0.15) is 26.6 Å². The van der Waals surface area contributed by atoms with E-state index in [9.17, 15) is 10.1 Å². The van der Waals surface area contributed by atoms with Gasteiger partial charge in [0, 0.05) is 35.5 Å². The molecule has 0 N–H and O–H groups in total. The number of hydrogen-bond donors (Lipinski definition) is 0. The van der Waals surface area contributed by atoms with Crippen molar-refractivity contribution in [1.29, 1.82) is 0 Å². The van der Waals surface area contributed by atoms with E-state index in [2.05, 4.69) is 9.97 Å². The van der Waals surface area contributed by atoms with Crippen molar-refractivity contribution >= 4 is 5.69 Å². The largest absolute Gasteiger partial charge is 0.269 e. The Morgan fingerprint density at radius 2 is 1.53 bits per heavy atom. The molecule has 0 bridgehead atoms. The maximum atomic E-state index is 10.6. The summed E-state index contributed by atoms with van der Waals surface area (Å²) in [6, 6.07) is 6.36. The van der Waals surface area contributed by atoms with Crippen LogP contribution in [-0.2, 0) is 5.41 Å². The summed E-state index contributed by atoms with van der Waals surface area (Å²) >= 11 is 0. The normalized spacial score (nSPS) is 11.3. The summed E-state index contributed by atoms with van der Waals surface area (Å²) in [5, 5.41) is 10.6. The first-order valence-corrected chi connectivity index (χ1v) is 5.95. The second-order valence-electron chi connectivity index (χ2n) is 5.35. The van der Waals surface area contributed by atoms with Gasteiger partial charge in [0.25, 0.3) is 5.69 Å². The molecule has 0 saturated carbocycles. The van der Waals surface area contributed by atoms with E-state index in [4.69, 9.17) is 0 Å². The average molecular weight is 257 g/mol. The second kappa shape index (κ2) is 4.76. The van der Waals surface area contributed by atoms with Crippen LogP contribution in [0, 0.1) is 10.1 Å². The van der Waals surface area contributed by atoms with Gasteiger partial charge in [-0.05, 0) is 17.7 Å². The SMILES string of the molecule is CC(C)(C)c1ncc(-c2ccc([N+](=O)[O-])cc2)cn1. The maximum Gasteiger partial charge on any atom is 0.269 e. The van der Waals surface area contributed by atoms with Gasteiger partial charge in [-0.2, -0.15) is 0 Å². The van der Waals surface area contributed by atoms with E-state index in [0.29, 0.717) is 0 Å². The highest BCUT2D eigenvalue weighted by molar-refractivity contribution is 5.62. The van der Waals surface area contributed by atoms with Gasteiger partial charge in [-0.25, -0.2) is 9.97 Å². The quantitative estimate of drug-likeness (QED) is 0.611. The molecule has 1 aromatic carbocycles. The van der Waals surface area contributed by atoms with Crippen molar-refractivity contribution < 1.29 is 4.92 Å². The molecule has 19 heavy (non-hydrogen) atoms. The van der Waals surface area contributed by atoms with E-state index >= 15 is 0 Å². The third-order valence-electron chi connectivity index (χ3n) is 2.73. The summed E-state index contributed by atoms with van der Waals surface area (Å²) in [7, 11) is 0. The van der Waals surface area contributed by atoms with Gasteiger partial charge in [0.05, 0.1) is 4.92 Å². The van der Waals surface area contributed by atoms with Crippen molar-refractivity contribution in [3.8, 4) is 11.1 Å². The molecule has 5 nitrogen and oxygen atoms in total. The van der Waals surface area contributed by atoms with Crippen molar-refractivity contribution in [3.05, 3.63) is 52.6 Å². The predicted molar refractivity (Wildman–Crippen MR) is 72.8 cm³/mol. The van der Waals surface area contributed by atoms with E-state index < -0.39 is 4.92 Å². The van der Waals surface area contributed by atoms with Crippen LogP contribution >= 0.6 is 0 Å². The van der Waals surface area contributed by atoms with Crippen molar-refractivity contribution in [2.45, 2.75) is 26.2 Å². The lowest BCUT2D eigenvalue weighted by Crippen LogP contribution is -2.15. The highest BCUT2D eigenvalue weighted by Gasteiger charge is 2.16. The molecular formula is C14H15N3O2. The number of non-ortho nitro benzene ring substituents is 1. The van der Waals surface area contributed by atoms with Gasteiger partial charge in [-0.1, -0.05) is 20.8 Å². The Kier molecular flexibility index (Phi) is 3.29. The first-order valence-electron chi connectivity index (χ1n) is 5.95. The maximum absolute atomic E-state index is 10.6. The number of nitro benzene ring substituents is 1. The topological polar surface area (TPSA) is 68.9 Å². The predicted octanol–water partition coefficient (Wildman–Crippen LogP) is 3.35. The van der Waals surface area contributed by atoms with Crippen molar-refractivity contribution in [1.82, 2.24) is 9.97 Å². The third-order valence-corrected chi connectivity index (χ3v) is 2.73. The van der Waals surface area contributed by atoms with Crippen LogP contribution in [0.3, 0.4) is 0 Å². The average Bonchev–Trinajstić information content (AvgIpc) is 2.38. The Hall–Kier alpha value is -2.30. The molecule has 0 amide bonds. The van der Waals surface area contributed by atoms with Gasteiger partial charge in [0.2, 0.25) is 0 Å². The van der Waals surface area contributed by atoms with E-state index in [1.54, 1.807) is 24.5 Å². The third kappa shape index (κ3) is 2.93. The van der Waals surface area contributed by atoms with Crippen molar-refractivity contribution in [2.24, 2.45) is 0 Å². The van der Waals surface area contributed by atoms with Crippen molar-refractivity contribution in [3.63, 3.8) is 0 Å². The van der Waals surface area contributed by atoms with Gasteiger partial charge < -0.3 is 0 Å². The molecule has 98 valence electrons. The molecule has 0 aliphatic rings. The van der Waals surface area contributed by atoms with Crippen molar-refractivity contribution in [2.75, 3.05) is 0 Å². The minimum Gasteiger partial charge on any atom is -0.258 e. The molecule has 2 aromatic rings. The van der Waals surface area contributed by atoms with Crippen LogP contribution in [0.5, 0.6) is 0 Å². The summed E-state index contributed by atoms with van der Waals surface area (Å²) in [6.07, 6.45) is 3.49. The van der Waals surface area contributed by atoms with Gasteiger partial charge in [-0.15, -0.1) is 0 Å². The Bertz CT molecular complexity index is 584. The van der Waals surface area contributed by atoms with Gasteiger partial charge in [0.15, 0.2) is 0 Å². The molecule has 0 unspecified atom stereocenters. The van der Waals surface area contributed by atoms with E-state index in [0.717, 1.165) is 17.0 Å². The smallest absolute Gasteiger partial charge is 0.258 e. The first kappa shape index (κ1) is 13.1. The number of nitrogens with zero attached hydrogens (tertiary/aromatic N) is 3. The summed E-state index contributed by atoms with van der Waals surface area (Å²) in [5.41, 5.74) is 1.71. The molecule has 0 radical (unpaired) electrons. The molecule has 0 fully saturated rings. The van der Waals surface area contributed by atoms with Crippen LogP contribution in [0.4, 0.5) is 5.69 Å². The Morgan fingerprint density at radius 3 is 1.95 bits per heavy atom. The molecule has 1 aromatic heterocycles. The standard InChI is InChI=1S/C14H15N3O2/c1-14(2,3)13-15-8-11(9-16-13)10-4-6-12(7-5-10)17(18)19/h4-9H,1-3H3. The van der Waals surface area contributed by atoms with Crippen LogP contribution in [0.25, 0.3) is 11.1 Å². The summed E-state index contributed by atoms with van der Waals surface area (Å²) in [6.45, 7) is 6.15. The van der Waals surface area contributed by atoms with E-state index in [-0.39, 0.29) is 11.1 Å². The molecule has 5 heteroatoms. The second-order valence-corrected chi connectivity index (χ2v) is 5.35. The molecular weight excluding hydrogens is 242 g/mol. The van der Waals surface area contributed by atoms with E-state index in [1.165, 1.54) is 12.1 Å². The molecule has 0 aliphatic carbocycles. The lowest BCUT2D eigenvalue weighted by atomic mass is 9.95. The van der Waals surface area contributed by atoms with Gasteiger partial charge >= 0.3 is 0 Å². The fourth-order valence-electron chi connectivity index (χ4n) is 1.64. The molecule has 0 saturated heterocycles. The Labute approximate surface area is 111 Å². The van der Waals surface area contributed by atoms with Gasteiger partial charge in [-0.3, -0.25) is 10.1 Å². The number of aromatic nitrogens is 2. The Morgan fingerprint density at radius 1 is 1.00 bits per heavy atom. The zero-order valence-electron chi connectivity index (χ0n) is 11.1. The number of benzene rings is 1. The lowest BCUT2D eigenvalue weighted by molar-refractivity contribution is -0.384. The Balaban J connectivity index is 2.30. The first-order chi connectivity index (χ1) is 8.88. The number of nitro groups is 1. The van der Waals surface area contributed by atoms with Crippen LogP contribution < -0.4 is 0 Å².